The van der Waals surface area contributed by atoms with Gasteiger partial charge in [-0.25, -0.2) is 0 Å². The molecule has 0 atom stereocenters. The number of amides is 1. The first kappa shape index (κ1) is 14.4. The van der Waals surface area contributed by atoms with Crippen LogP contribution in [-0.2, 0) is 0 Å². The molecular weight excluding hydrogens is 276 g/mol. The molecule has 0 spiro atoms. The van der Waals surface area contributed by atoms with Crippen molar-refractivity contribution in [3.63, 3.8) is 0 Å². The van der Waals surface area contributed by atoms with E-state index in [-0.39, 0.29) is 17.2 Å². The van der Waals surface area contributed by atoms with Crippen LogP contribution in [0.25, 0.3) is 0 Å². The Morgan fingerprint density at radius 3 is 2.55 bits per heavy atom. The van der Waals surface area contributed by atoms with E-state index in [0.717, 1.165) is 24.3 Å². The molecule has 0 bridgehead atoms. The van der Waals surface area contributed by atoms with E-state index in [2.05, 4.69) is 16.3 Å². The van der Waals surface area contributed by atoms with Gasteiger partial charge in [0.15, 0.2) is 0 Å². The molecule has 2 aromatic rings. The Morgan fingerprint density at radius 1 is 1.14 bits per heavy atom. The molecule has 0 radical (unpaired) electrons. The van der Waals surface area contributed by atoms with Crippen molar-refractivity contribution in [1.82, 2.24) is 0 Å². The van der Waals surface area contributed by atoms with E-state index in [1.54, 1.807) is 18.2 Å². The molecule has 1 amide bonds. The molecule has 1 fully saturated rings. The maximum absolute atomic E-state index is 12.2. The van der Waals surface area contributed by atoms with Gasteiger partial charge in [-0.2, -0.15) is 0 Å². The van der Waals surface area contributed by atoms with E-state index in [1.165, 1.54) is 24.6 Å². The zero-order valence-corrected chi connectivity index (χ0v) is 12.7. The van der Waals surface area contributed by atoms with Gasteiger partial charge in [-0.05, 0) is 55.7 Å². The molecule has 2 aromatic carbocycles. The lowest BCUT2D eigenvalue weighted by Gasteiger charge is -2.19. The van der Waals surface area contributed by atoms with Crippen molar-refractivity contribution >= 4 is 17.3 Å². The maximum Gasteiger partial charge on any atom is 0.259 e. The maximum atomic E-state index is 12.2. The topological polar surface area (TPSA) is 52.6 Å². The van der Waals surface area contributed by atoms with Crippen molar-refractivity contribution in [1.29, 1.82) is 0 Å². The first-order valence-corrected chi connectivity index (χ1v) is 7.60. The monoisotopic (exact) mass is 296 g/mol. The molecule has 1 aliphatic rings. The summed E-state index contributed by atoms with van der Waals surface area (Å²) in [5.41, 5.74) is 3.28. The molecule has 4 heteroatoms. The largest absolute Gasteiger partial charge is 0.507 e. The summed E-state index contributed by atoms with van der Waals surface area (Å²) < 4.78 is 0. The van der Waals surface area contributed by atoms with E-state index in [4.69, 9.17) is 0 Å². The molecular formula is C18H20N2O2. The third-order valence-corrected chi connectivity index (χ3v) is 4.08. The van der Waals surface area contributed by atoms with Gasteiger partial charge < -0.3 is 15.3 Å². The second-order valence-electron chi connectivity index (χ2n) is 5.66. The highest BCUT2D eigenvalue weighted by Crippen LogP contribution is 2.26. The summed E-state index contributed by atoms with van der Waals surface area (Å²) in [6.07, 6.45) is 2.48. The minimum Gasteiger partial charge on any atom is -0.507 e. The molecule has 0 saturated carbocycles. The second kappa shape index (κ2) is 6.10. The number of carbonyl (C=O) groups is 1. The minimum absolute atomic E-state index is 0.00802. The number of phenolic OH excluding ortho intramolecular Hbond substituents is 1. The lowest BCUT2D eigenvalue weighted by atomic mass is 10.1. The number of hydrogen-bond acceptors (Lipinski definition) is 3. The van der Waals surface area contributed by atoms with Crippen LogP contribution in [0.15, 0.2) is 42.5 Å². The average Bonchev–Trinajstić information content (AvgIpc) is 3.04. The van der Waals surface area contributed by atoms with Crippen molar-refractivity contribution in [2.45, 2.75) is 19.8 Å². The van der Waals surface area contributed by atoms with Crippen molar-refractivity contribution in [2.24, 2.45) is 0 Å². The van der Waals surface area contributed by atoms with Gasteiger partial charge in [0.25, 0.3) is 5.91 Å². The summed E-state index contributed by atoms with van der Waals surface area (Å²) in [5.74, 6) is -0.304. The van der Waals surface area contributed by atoms with E-state index >= 15 is 0 Å². The molecule has 1 heterocycles. The lowest BCUT2D eigenvalue weighted by Crippen LogP contribution is -2.18. The molecule has 2 N–H and O–H groups in total. The van der Waals surface area contributed by atoms with E-state index in [0.29, 0.717) is 0 Å². The SMILES string of the molecule is Cc1cc(N2CCCC2)ccc1NC(=O)c1ccccc1O. The van der Waals surface area contributed by atoms with Crippen LogP contribution in [0.2, 0.25) is 0 Å². The second-order valence-corrected chi connectivity index (χ2v) is 5.66. The highest BCUT2D eigenvalue weighted by atomic mass is 16.3. The number of nitrogens with one attached hydrogen (secondary N) is 1. The molecule has 114 valence electrons. The van der Waals surface area contributed by atoms with Crippen LogP contribution in [0.3, 0.4) is 0 Å². The van der Waals surface area contributed by atoms with E-state index in [1.807, 2.05) is 19.1 Å². The van der Waals surface area contributed by atoms with Crippen molar-refractivity contribution in [2.75, 3.05) is 23.3 Å². The highest BCUT2D eigenvalue weighted by molar-refractivity contribution is 6.06. The average molecular weight is 296 g/mol. The molecule has 0 aliphatic carbocycles. The van der Waals surface area contributed by atoms with Gasteiger partial charge in [-0.15, -0.1) is 0 Å². The predicted molar refractivity (Wildman–Crippen MR) is 88.7 cm³/mol. The number of rotatable bonds is 3. The third-order valence-electron chi connectivity index (χ3n) is 4.08. The van der Waals surface area contributed by atoms with Gasteiger partial charge in [-0.1, -0.05) is 12.1 Å². The Labute approximate surface area is 130 Å². The number of phenols is 1. The Hall–Kier alpha value is -2.49. The Kier molecular flexibility index (Phi) is 4.00. The zero-order valence-electron chi connectivity index (χ0n) is 12.7. The van der Waals surface area contributed by atoms with E-state index < -0.39 is 0 Å². The number of aryl methyl sites for hydroxylation is 1. The van der Waals surface area contributed by atoms with Crippen LogP contribution < -0.4 is 10.2 Å². The van der Waals surface area contributed by atoms with Gasteiger partial charge >= 0.3 is 0 Å². The quantitative estimate of drug-likeness (QED) is 0.910. The standard InChI is InChI=1S/C18H20N2O2/c1-13-12-14(20-10-4-5-11-20)8-9-16(13)19-18(22)15-6-2-3-7-17(15)21/h2-3,6-9,12,21H,4-5,10-11H2,1H3,(H,19,22). The summed E-state index contributed by atoms with van der Waals surface area (Å²) in [4.78, 5) is 14.6. The molecule has 0 unspecified atom stereocenters. The third kappa shape index (κ3) is 2.91. The summed E-state index contributed by atoms with van der Waals surface area (Å²) in [5, 5.41) is 12.6. The molecule has 3 rings (SSSR count). The van der Waals surface area contributed by atoms with Gasteiger partial charge in [0.2, 0.25) is 0 Å². The fraction of sp³-hybridized carbons (Fsp3) is 0.278. The summed E-state index contributed by atoms with van der Waals surface area (Å²) in [7, 11) is 0. The zero-order chi connectivity index (χ0) is 15.5. The van der Waals surface area contributed by atoms with Crippen molar-refractivity contribution in [3.05, 3.63) is 53.6 Å². The van der Waals surface area contributed by atoms with Crippen molar-refractivity contribution < 1.29 is 9.90 Å². The smallest absolute Gasteiger partial charge is 0.259 e. The highest BCUT2D eigenvalue weighted by Gasteiger charge is 2.15. The number of para-hydroxylation sites is 1. The fourth-order valence-electron chi connectivity index (χ4n) is 2.82. The van der Waals surface area contributed by atoms with Crippen LogP contribution in [0, 0.1) is 6.92 Å². The fourth-order valence-corrected chi connectivity index (χ4v) is 2.82. The number of aromatic hydroxyl groups is 1. The first-order chi connectivity index (χ1) is 10.6. The molecule has 1 aliphatic heterocycles. The van der Waals surface area contributed by atoms with Gasteiger partial charge in [0.1, 0.15) is 5.75 Å². The number of nitrogens with zero attached hydrogens (tertiary/aromatic N) is 1. The minimum atomic E-state index is -0.296. The van der Waals surface area contributed by atoms with Gasteiger partial charge in [-0.3, -0.25) is 4.79 Å². The Bertz CT molecular complexity index is 691. The molecule has 22 heavy (non-hydrogen) atoms. The number of anilines is 2. The molecule has 0 aromatic heterocycles. The van der Waals surface area contributed by atoms with Gasteiger partial charge in [0, 0.05) is 24.5 Å². The van der Waals surface area contributed by atoms with Crippen LogP contribution in [-0.4, -0.2) is 24.1 Å². The Balaban J connectivity index is 1.78. The molecule has 4 nitrogen and oxygen atoms in total. The van der Waals surface area contributed by atoms with Crippen LogP contribution >= 0.6 is 0 Å². The van der Waals surface area contributed by atoms with Crippen LogP contribution in [0.1, 0.15) is 28.8 Å². The van der Waals surface area contributed by atoms with Crippen LogP contribution in [0.4, 0.5) is 11.4 Å². The van der Waals surface area contributed by atoms with Gasteiger partial charge in [0.05, 0.1) is 5.56 Å². The number of carbonyl (C=O) groups excluding carboxylic acids is 1. The summed E-state index contributed by atoms with van der Waals surface area (Å²) in [6.45, 7) is 4.19. The number of hydrogen-bond donors (Lipinski definition) is 2. The van der Waals surface area contributed by atoms with E-state index in [9.17, 15) is 9.90 Å². The summed E-state index contributed by atoms with van der Waals surface area (Å²) >= 11 is 0. The van der Waals surface area contributed by atoms with Crippen LogP contribution in [0.5, 0.6) is 5.75 Å². The first-order valence-electron chi connectivity index (χ1n) is 7.60. The summed E-state index contributed by atoms with van der Waals surface area (Å²) in [6, 6.07) is 12.6. The Morgan fingerprint density at radius 2 is 1.86 bits per heavy atom. The predicted octanol–water partition coefficient (Wildman–Crippen LogP) is 3.55. The number of benzene rings is 2. The lowest BCUT2D eigenvalue weighted by molar-refractivity contribution is 0.102. The van der Waals surface area contributed by atoms with Crippen molar-refractivity contribution in [3.8, 4) is 5.75 Å². The molecule has 1 saturated heterocycles. The normalized spacial score (nSPS) is 14.1.